The Labute approximate surface area is 111 Å². The van der Waals surface area contributed by atoms with Crippen LogP contribution in [0.4, 0.5) is 13.2 Å². The molecular formula is C13H19F3N2O. The van der Waals surface area contributed by atoms with Crippen molar-refractivity contribution in [1.29, 1.82) is 0 Å². The lowest BCUT2D eigenvalue weighted by Gasteiger charge is -2.08. The van der Waals surface area contributed by atoms with Gasteiger partial charge in [-0.05, 0) is 19.5 Å². The Morgan fingerprint density at radius 2 is 1.63 bits per heavy atom. The summed E-state index contributed by atoms with van der Waals surface area (Å²) in [5.41, 5.74) is -0.131. The van der Waals surface area contributed by atoms with Crippen molar-refractivity contribution in [2.24, 2.45) is 0 Å². The lowest BCUT2D eigenvalue weighted by molar-refractivity contribution is 0.199. The Balaban J connectivity index is 2.19. The fourth-order valence-electron chi connectivity index (χ4n) is 1.59. The smallest absolute Gasteiger partial charge is 0.133 e. The fourth-order valence-corrected chi connectivity index (χ4v) is 1.59. The molecule has 108 valence electrons. The van der Waals surface area contributed by atoms with Gasteiger partial charge in [0.25, 0.3) is 0 Å². The lowest BCUT2D eigenvalue weighted by atomic mass is 10.2. The number of hydrogen-bond acceptors (Lipinski definition) is 3. The van der Waals surface area contributed by atoms with Gasteiger partial charge in [-0.1, -0.05) is 0 Å². The van der Waals surface area contributed by atoms with Crippen LogP contribution in [0, 0.1) is 17.5 Å². The molecule has 0 heterocycles. The summed E-state index contributed by atoms with van der Waals surface area (Å²) in [6, 6.07) is 1.37. The molecule has 0 saturated carbocycles. The van der Waals surface area contributed by atoms with E-state index in [9.17, 15) is 13.2 Å². The van der Waals surface area contributed by atoms with Crippen molar-refractivity contribution in [2.75, 3.05) is 33.4 Å². The van der Waals surface area contributed by atoms with Crippen LogP contribution in [-0.4, -0.2) is 33.4 Å². The van der Waals surface area contributed by atoms with Gasteiger partial charge >= 0.3 is 0 Å². The second kappa shape index (κ2) is 8.90. The first-order chi connectivity index (χ1) is 9.15. The van der Waals surface area contributed by atoms with Crippen molar-refractivity contribution in [3.8, 4) is 0 Å². The summed E-state index contributed by atoms with van der Waals surface area (Å²) >= 11 is 0. The molecule has 0 aliphatic carbocycles. The lowest BCUT2D eigenvalue weighted by Crippen LogP contribution is -2.24. The quantitative estimate of drug-likeness (QED) is 0.675. The summed E-state index contributed by atoms with van der Waals surface area (Å²) in [5.74, 6) is -2.62. The fraction of sp³-hybridized carbons (Fsp3) is 0.538. The largest absolute Gasteiger partial charge is 0.383 e. The molecule has 6 heteroatoms. The zero-order valence-electron chi connectivity index (χ0n) is 10.9. The van der Waals surface area contributed by atoms with Crippen molar-refractivity contribution >= 4 is 0 Å². The molecule has 1 aromatic rings. The van der Waals surface area contributed by atoms with Gasteiger partial charge < -0.3 is 15.4 Å². The van der Waals surface area contributed by atoms with E-state index in [1.807, 2.05) is 0 Å². The summed E-state index contributed by atoms with van der Waals surface area (Å²) < 4.78 is 44.1. The van der Waals surface area contributed by atoms with Gasteiger partial charge in [-0.25, -0.2) is 13.2 Å². The van der Waals surface area contributed by atoms with Gasteiger partial charge in [0, 0.05) is 37.9 Å². The van der Waals surface area contributed by atoms with Crippen molar-refractivity contribution in [3.63, 3.8) is 0 Å². The van der Waals surface area contributed by atoms with Crippen LogP contribution in [0.25, 0.3) is 0 Å². The maximum Gasteiger partial charge on any atom is 0.133 e. The molecule has 1 aromatic carbocycles. The maximum absolute atomic E-state index is 13.3. The Hall–Kier alpha value is -1.11. The number of ether oxygens (including phenoxy) is 1. The molecule has 0 fully saturated rings. The van der Waals surface area contributed by atoms with Crippen LogP contribution in [-0.2, 0) is 11.3 Å². The Morgan fingerprint density at radius 1 is 1.00 bits per heavy atom. The number of halogens is 3. The number of methoxy groups -OCH3 is 1. The van der Waals surface area contributed by atoms with Gasteiger partial charge in [-0.2, -0.15) is 0 Å². The summed E-state index contributed by atoms with van der Waals surface area (Å²) in [6.07, 6.45) is 0.828. The highest BCUT2D eigenvalue weighted by Gasteiger charge is 2.10. The predicted octanol–water partition coefficient (Wildman–Crippen LogP) is 1.82. The average molecular weight is 276 g/mol. The van der Waals surface area contributed by atoms with E-state index in [0.29, 0.717) is 25.3 Å². The second-order valence-electron chi connectivity index (χ2n) is 4.12. The second-order valence-corrected chi connectivity index (χ2v) is 4.12. The predicted molar refractivity (Wildman–Crippen MR) is 67.4 cm³/mol. The molecule has 0 aromatic heterocycles. The van der Waals surface area contributed by atoms with E-state index in [-0.39, 0.29) is 12.1 Å². The van der Waals surface area contributed by atoms with E-state index in [4.69, 9.17) is 4.74 Å². The van der Waals surface area contributed by atoms with Crippen LogP contribution in [0.15, 0.2) is 12.1 Å². The normalized spacial score (nSPS) is 10.9. The molecule has 19 heavy (non-hydrogen) atoms. The van der Waals surface area contributed by atoms with Gasteiger partial charge in [0.15, 0.2) is 0 Å². The highest BCUT2D eigenvalue weighted by atomic mass is 19.1. The Morgan fingerprint density at radius 3 is 2.26 bits per heavy atom. The van der Waals surface area contributed by atoms with Crippen molar-refractivity contribution in [3.05, 3.63) is 35.1 Å². The minimum absolute atomic E-state index is 0.0516. The SMILES string of the molecule is COCCNCCCNCc1c(F)cc(F)cc1F. The zero-order valence-corrected chi connectivity index (χ0v) is 10.9. The highest BCUT2D eigenvalue weighted by Crippen LogP contribution is 2.14. The summed E-state index contributed by atoms with van der Waals surface area (Å²) in [4.78, 5) is 0. The molecule has 0 amide bonds. The first-order valence-electron chi connectivity index (χ1n) is 6.19. The molecular weight excluding hydrogens is 257 g/mol. The van der Waals surface area contributed by atoms with Crippen LogP contribution in [0.5, 0.6) is 0 Å². The number of rotatable bonds is 9. The topological polar surface area (TPSA) is 33.3 Å². The molecule has 0 aliphatic rings. The van der Waals surface area contributed by atoms with E-state index in [2.05, 4.69) is 10.6 Å². The first kappa shape index (κ1) is 15.9. The van der Waals surface area contributed by atoms with Crippen molar-refractivity contribution in [2.45, 2.75) is 13.0 Å². The zero-order chi connectivity index (χ0) is 14.1. The monoisotopic (exact) mass is 276 g/mol. The number of benzene rings is 1. The van der Waals surface area contributed by atoms with Gasteiger partial charge in [0.05, 0.1) is 6.61 Å². The molecule has 0 unspecified atom stereocenters. The Kier molecular flexibility index (Phi) is 7.47. The van der Waals surface area contributed by atoms with E-state index >= 15 is 0 Å². The summed E-state index contributed by atoms with van der Waals surface area (Å²) in [5, 5.41) is 6.07. The molecule has 2 N–H and O–H groups in total. The minimum atomic E-state index is -0.902. The van der Waals surface area contributed by atoms with Crippen LogP contribution < -0.4 is 10.6 Å². The number of hydrogen-bond donors (Lipinski definition) is 2. The molecule has 3 nitrogen and oxygen atoms in total. The molecule has 0 atom stereocenters. The standard InChI is InChI=1S/C13H19F3N2O/c1-19-6-5-17-3-2-4-18-9-11-12(15)7-10(14)8-13(11)16/h7-8,17-18H,2-6,9H2,1H3. The van der Waals surface area contributed by atoms with E-state index in [1.54, 1.807) is 7.11 Å². The summed E-state index contributed by atoms with van der Waals surface area (Å²) in [7, 11) is 1.63. The van der Waals surface area contributed by atoms with Gasteiger partial charge in [0.1, 0.15) is 17.5 Å². The van der Waals surface area contributed by atoms with Crippen LogP contribution in [0.1, 0.15) is 12.0 Å². The molecule has 0 saturated heterocycles. The highest BCUT2D eigenvalue weighted by molar-refractivity contribution is 5.20. The van der Waals surface area contributed by atoms with Crippen LogP contribution in [0.2, 0.25) is 0 Å². The third-order valence-corrected chi connectivity index (χ3v) is 2.60. The van der Waals surface area contributed by atoms with E-state index in [0.717, 1.165) is 19.5 Å². The van der Waals surface area contributed by atoms with Crippen LogP contribution in [0.3, 0.4) is 0 Å². The van der Waals surface area contributed by atoms with E-state index < -0.39 is 17.5 Å². The Bertz CT molecular complexity index is 365. The van der Waals surface area contributed by atoms with Gasteiger partial charge in [-0.3, -0.25) is 0 Å². The average Bonchev–Trinajstić information content (AvgIpc) is 2.35. The maximum atomic E-state index is 13.3. The minimum Gasteiger partial charge on any atom is -0.383 e. The summed E-state index contributed by atoms with van der Waals surface area (Å²) in [6.45, 7) is 2.90. The van der Waals surface area contributed by atoms with Crippen molar-refractivity contribution < 1.29 is 17.9 Å². The third-order valence-electron chi connectivity index (χ3n) is 2.60. The molecule has 0 aliphatic heterocycles. The molecule has 0 radical (unpaired) electrons. The molecule has 0 bridgehead atoms. The van der Waals surface area contributed by atoms with Gasteiger partial charge in [0.2, 0.25) is 0 Å². The van der Waals surface area contributed by atoms with E-state index in [1.165, 1.54) is 0 Å². The first-order valence-corrected chi connectivity index (χ1v) is 6.19. The third kappa shape index (κ3) is 6.04. The van der Waals surface area contributed by atoms with Gasteiger partial charge in [-0.15, -0.1) is 0 Å². The van der Waals surface area contributed by atoms with Crippen molar-refractivity contribution in [1.82, 2.24) is 10.6 Å². The molecule has 1 rings (SSSR count). The van der Waals surface area contributed by atoms with Crippen LogP contribution >= 0.6 is 0 Å². The number of nitrogens with one attached hydrogen (secondary N) is 2. The molecule has 0 spiro atoms.